The first-order valence-corrected chi connectivity index (χ1v) is 10.5. The van der Waals surface area contributed by atoms with E-state index >= 15 is 0 Å². The minimum atomic E-state index is -1.38. The number of carbonyl (C=O) groups is 3. The van der Waals surface area contributed by atoms with Crippen molar-refractivity contribution in [2.75, 3.05) is 12.0 Å². The predicted octanol–water partition coefficient (Wildman–Crippen LogP) is 2.10. The molecule has 29 heavy (non-hydrogen) atoms. The van der Waals surface area contributed by atoms with Gasteiger partial charge in [0.25, 0.3) is 11.8 Å². The number of carboxylic acid groups (broad SMARTS) is 1. The fourth-order valence-corrected chi connectivity index (χ4v) is 2.99. The first-order chi connectivity index (χ1) is 13.9. The van der Waals surface area contributed by atoms with Gasteiger partial charge < -0.3 is 20.5 Å². The Morgan fingerprint density at radius 2 is 1.76 bits per heavy atom. The van der Waals surface area contributed by atoms with Crippen molar-refractivity contribution < 1.29 is 19.5 Å². The van der Waals surface area contributed by atoms with E-state index in [1.807, 2.05) is 6.26 Å². The zero-order chi connectivity index (χ0) is 21.2. The summed E-state index contributed by atoms with van der Waals surface area (Å²) < 4.78 is 0. The molecule has 152 valence electrons. The normalized spacial score (nSPS) is 12.1. The molecule has 2 aromatic carbocycles. The zero-order valence-electron chi connectivity index (χ0n) is 15.7. The number of halogens is 1. The van der Waals surface area contributed by atoms with Crippen LogP contribution in [-0.2, 0) is 9.59 Å². The Labute approximate surface area is 178 Å². The van der Waals surface area contributed by atoms with Crippen LogP contribution in [0.2, 0.25) is 5.02 Å². The fourth-order valence-electron chi connectivity index (χ4n) is 2.39. The molecule has 0 aromatic heterocycles. The Balaban J connectivity index is 2.27. The highest BCUT2D eigenvalue weighted by atomic mass is 35.5. The Morgan fingerprint density at radius 1 is 1.10 bits per heavy atom. The van der Waals surface area contributed by atoms with E-state index in [0.717, 1.165) is 0 Å². The Kier molecular flexibility index (Phi) is 8.76. The van der Waals surface area contributed by atoms with Crippen LogP contribution in [0.3, 0.4) is 0 Å². The molecule has 0 unspecified atom stereocenters. The standard InChI is InChI=1S/C21H21ClN2O4S/c1-29-12-11-17(21(27)28)23-20(26)18(13-14-7-9-16(22)10-8-14)24-19(25)15-5-3-2-4-6-15/h2-10,13,17H,11-12H2,1H3,(H,23,26)(H,24,25)(H,27,28)/p-1/b18-13-/t17-/m0/s1. The molecular formula is C21H20ClN2O4S-. The number of hydrogen-bond donors (Lipinski definition) is 2. The molecule has 0 bridgehead atoms. The fraction of sp³-hybridized carbons (Fsp3) is 0.190. The van der Waals surface area contributed by atoms with Crippen LogP contribution < -0.4 is 15.7 Å². The monoisotopic (exact) mass is 431 g/mol. The van der Waals surface area contributed by atoms with Gasteiger partial charge in [-0.2, -0.15) is 11.8 Å². The molecule has 0 spiro atoms. The van der Waals surface area contributed by atoms with Gasteiger partial charge in [0.1, 0.15) is 5.70 Å². The molecule has 0 heterocycles. The third-order valence-electron chi connectivity index (χ3n) is 3.91. The molecule has 2 N–H and O–H groups in total. The molecule has 2 aromatic rings. The van der Waals surface area contributed by atoms with Crippen molar-refractivity contribution in [2.45, 2.75) is 12.5 Å². The van der Waals surface area contributed by atoms with Crippen LogP contribution in [0.1, 0.15) is 22.3 Å². The van der Waals surface area contributed by atoms with Crippen LogP contribution in [0.15, 0.2) is 60.3 Å². The summed E-state index contributed by atoms with van der Waals surface area (Å²) in [7, 11) is 0. The topological polar surface area (TPSA) is 98.3 Å². The predicted molar refractivity (Wildman–Crippen MR) is 113 cm³/mol. The maximum absolute atomic E-state index is 12.7. The van der Waals surface area contributed by atoms with Crippen LogP contribution >= 0.6 is 23.4 Å². The zero-order valence-corrected chi connectivity index (χ0v) is 17.3. The summed E-state index contributed by atoms with van der Waals surface area (Å²) in [4.78, 5) is 36.6. The summed E-state index contributed by atoms with van der Waals surface area (Å²) >= 11 is 7.34. The molecule has 0 aliphatic heterocycles. The number of aliphatic carboxylic acids is 1. The highest BCUT2D eigenvalue weighted by molar-refractivity contribution is 7.98. The number of hydrogen-bond acceptors (Lipinski definition) is 5. The minimum absolute atomic E-state index is 0.0865. The molecule has 2 amide bonds. The lowest BCUT2D eigenvalue weighted by Crippen LogP contribution is -2.50. The van der Waals surface area contributed by atoms with Gasteiger partial charge in [0.05, 0.1) is 12.0 Å². The number of rotatable bonds is 9. The Morgan fingerprint density at radius 3 is 2.34 bits per heavy atom. The van der Waals surface area contributed by atoms with Crippen LogP contribution in [0.4, 0.5) is 0 Å². The summed E-state index contributed by atoms with van der Waals surface area (Å²) in [6.45, 7) is 0. The van der Waals surface area contributed by atoms with Crippen molar-refractivity contribution in [3.8, 4) is 0 Å². The number of carbonyl (C=O) groups excluding carboxylic acids is 3. The second-order valence-corrected chi connectivity index (χ2v) is 7.48. The molecule has 6 nitrogen and oxygen atoms in total. The maximum atomic E-state index is 12.7. The van der Waals surface area contributed by atoms with E-state index in [0.29, 0.717) is 21.9 Å². The van der Waals surface area contributed by atoms with Gasteiger partial charge in [0, 0.05) is 10.6 Å². The van der Waals surface area contributed by atoms with Gasteiger partial charge in [-0.3, -0.25) is 9.59 Å². The van der Waals surface area contributed by atoms with Gasteiger partial charge >= 0.3 is 0 Å². The summed E-state index contributed by atoms with van der Waals surface area (Å²) in [6, 6.07) is 13.8. The minimum Gasteiger partial charge on any atom is -0.548 e. The highest BCUT2D eigenvalue weighted by Crippen LogP contribution is 2.13. The molecule has 0 radical (unpaired) electrons. The maximum Gasteiger partial charge on any atom is 0.268 e. The lowest BCUT2D eigenvalue weighted by Gasteiger charge is -2.20. The van der Waals surface area contributed by atoms with Crippen molar-refractivity contribution >= 4 is 47.2 Å². The number of benzene rings is 2. The molecule has 0 aliphatic rings. The van der Waals surface area contributed by atoms with E-state index < -0.39 is 23.8 Å². The largest absolute Gasteiger partial charge is 0.548 e. The summed E-state index contributed by atoms with van der Waals surface area (Å²) in [6.07, 6.45) is 3.49. The van der Waals surface area contributed by atoms with Gasteiger partial charge in [-0.25, -0.2) is 0 Å². The van der Waals surface area contributed by atoms with Gasteiger partial charge in [-0.15, -0.1) is 0 Å². The van der Waals surface area contributed by atoms with Crippen LogP contribution in [0, 0.1) is 0 Å². The van der Waals surface area contributed by atoms with E-state index in [1.54, 1.807) is 54.6 Å². The molecule has 8 heteroatoms. The third-order valence-corrected chi connectivity index (χ3v) is 4.81. The van der Waals surface area contributed by atoms with E-state index in [9.17, 15) is 19.5 Å². The second-order valence-electron chi connectivity index (χ2n) is 6.06. The molecule has 0 aliphatic carbocycles. The number of thioether (sulfide) groups is 1. The smallest absolute Gasteiger partial charge is 0.268 e. The Hall–Kier alpha value is -2.77. The lowest BCUT2D eigenvalue weighted by atomic mass is 10.1. The highest BCUT2D eigenvalue weighted by Gasteiger charge is 2.19. The van der Waals surface area contributed by atoms with E-state index in [1.165, 1.54) is 17.8 Å². The number of amides is 2. The van der Waals surface area contributed by atoms with Crippen molar-refractivity contribution in [3.05, 3.63) is 76.4 Å². The van der Waals surface area contributed by atoms with Crippen LogP contribution in [-0.4, -0.2) is 35.8 Å². The Bertz CT molecular complexity index is 885. The van der Waals surface area contributed by atoms with Crippen LogP contribution in [0.5, 0.6) is 0 Å². The van der Waals surface area contributed by atoms with Crippen LogP contribution in [0.25, 0.3) is 6.08 Å². The quantitative estimate of drug-likeness (QED) is 0.592. The summed E-state index contributed by atoms with van der Waals surface area (Å²) in [5.41, 5.74) is 0.889. The van der Waals surface area contributed by atoms with Gasteiger partial charge in [0.15, 0.2) is 0 Å². The van der Waals surface area contributed by atoms with Gasteiger partial charge in [0.2, 0.25) is 0 Å². The molecule has 0 saturated carbocycles. The molecule has 0 fully saturated rings. The number of carboxylic acids is 1. The lowest BCUT2D eigenvalue weighted by molar-refractivity contribution is -0.308. The first-order valence-electron chi connectivity index (χ1n) is 8.75. The van der Waals surface area contributed by atoms with E-state index in [4.69, 9.17) is 11.6 Å². The van der Waals surface area contributed by atoms with Gasteiger partial charge in [-0.1, -0.05) is 41.9 Å². The average molecular weight is 432 g/mol. The van der Waals surface area contributed by atoms with Crippen molar-refractivity contribution in [1.82, 2.24) is 10.6 Å². The molecule has 0 saturated heterocycles. The van der Waals surface area contributed by atoms with Crippen molar-refractivity contribution in [1.29, 1.82) is 0 Å². The van der Waals surface area contributed by atoms with Crippen molar-refractivity contribution in [3.63, 3.8) is 0 Å². The van der Waals surface area contributed by atoms with E-state index in [2.05, 4.69) is 10.6 Å². The van der Waals surface area contributed by atoms with Gasteiger partial charge in [-0.05, 0) is 54.3 Å². The van der Waals surface area contributed by atoms with E-state index in [-0.39, 0.29) is 12.1 Å². The first kappa shape index (κ1) is 22.5. The molecule has 1 atom stereocenters. The summed E-state index contributed by atoms with van der Waals surface area (Å²) in [5, 5.41) is 16.8. The molecular weight excluding hydrogens is 412 g/mol. The number of nitrogens with one attached hydrogen (secondary N) is 2. The average Bonchev–Trinajstić information content (AvgIpc) is 2.72. The van der Waals surface area contributed by atoms with Crippen molar-refractivity contribution in [2.24, 2.45) is 0 Å². The molecule has 2 rings (SSSR count). The third kappa shape index (κ3) is 7.29. The summed E-state index contributed by atoms with van der Waals surface area (Å²) in [5.74, 6) is -2.06. The second kappa shape index (κ2) is 11.3. The SMILES string of the molecule is CSCC[C@H](NC(=O)/C(=C/c1ccc(Cl)cc1)NC(=O)c1ccccc1)C(=O)[O-].